The normalized spacial score (nSPS) is 12.2. The molecule has 7 nitrogen and oxygen atoms in total. The average Bonchev–Trinajstić information content (AvgIpc) is 2.76. The minimum atomic E-state index is -3.20. The fraction of sp³-hybridized carbons (Fsp3) is 0.458. The van der Waals surface area contributed by atoms with Crippen molar-refractivity contribution in [2.75, 3.05) is 26.0 Å². The highest BCUT2D eigenvalue weighted by molar-refractivity contribution is 7.88. The first-order valence-corrected chi connectivity index (χ1v) is 12.9. The predicted molar refractivity (Wildman–Crippen MR) is 127 cm³/mol. The molecule has 2 aromatic carbocycles. The van der Waals surface area contributed by atoms with E-state index in [4.69, 9.17) is 9.47 Å². The summed E-state index contributed by atoms with van der Waals surface area (Å²) in [6, 6.07) is 12.7. The van der Waals surface area contributed by atoms with Gasteiger partial charge in [0.15, 0.2) is 11.5 Å². The van der Waals surface area contributed by atoms with Gasteiger partial charge in [-0.25, -0.2) is 13.1 Å². The van der Waals surface area contributed by atoms with Gasteiger partial charge in [0.1, 0.15) is 0 Å². The van der Waals surface area contributed by atoms with Crippen molar-refractivity contribution < 1.29 is 22.7 Å². The second kappa shape index (κ2) is 12.5. The number of rotatable bonds is 13. The average molecular weight is 463 g/mol. The Morgan fingerprint density at radius 1 is 0.969 bits per heavy atom. The van der Waals surface area contributed by atoms with Crippen LogP contribution in [-0.4, -0.2) is 40.3 Å². The van der Waals surface area contributed by atoms with Crippen molar-refractivity contribution in [2.24, 2.45) is 0 Å². The maximum atomic E-state index is 12.7. The molecule has 176 valence electrons. The lowest BCUT2D eigenvalue weighted by Gasteiger charge is -2.18. The van der Waals surface area contributed by atoms with Crippen molar-refractivity contribution in [3.05, 3.63) is 59.2 Å². The van der Waals surface area contributed by atoms with Crippen molar-refractivity contribution in [1.29, 1.82) is 0 Å². The summed E-state index contributed by atoms with van der Waals surface area (Å²) in [5, 5.41) is 3.01. The van der Waals surface area contributed by atoms with Crippen LogP contribution >= 0.6 is 0 Å². The molecule has 8 heteroatoms. The molecular weight excluding hydrogens is 428 g/mol. The van der Waals surface area contributed by atoms with E-state index >= 15 is 0 Å². The van der Waals surface area contributed by atoms with Crippen LogP contribution in [0.4, 0.5) is 0 Å². The Morgan fingerprint density at radius 2 is 1.59 bits per heavy atom. The highest BCUT2D eigenvalue weighted by Crippen LogP contribution is 2.31. The second-order valence-corrected chi connectivity index (χ2v) is 9.54. The smallest absolute Gasteiger partial charge is 0.251 e. The van der Waals surface area contributed by atoms with E-state index in [9.17, 15) is 13.2 Å². The highest BCUT2D eigenvalue weighted by atomic mass is 32.2. The molecule has 0 aliphatic heterocycles. The Labute approximate surface area is 191 Å². The number of hydrogen-bond donors (Lipinski definition) is 2. The van der Waals surface area contributed by atoms with Crippen molar-refractivity contribution in [3.63, 3.8) is 0 Å². The van der Waals surface area contributed by atoms with Gasteiger partial charge in [-0.15, -0.1) is 0 Å². The largest absolute Gasteiger partial charge is 0.490 e. The molecular formula is C24H34N2O5S. The number of hydrogen-bond acceptors (Lipinski definition) is 5. The molecule has 0 aromatic heterocycles. The van der Waals surface area contributed by atoms with E-state index in [2.05, 4.69) is 17.0 Å². The number of nitrogens with one attached hydrogen (secondary N) is 2. The molecule has 1 unspecified atom stereocenters. The maximum Gasteiger partial charge on any atom is 0.251 e. The van der Waals surface area contributed by atoms with Gasteiger partial charge in [-0.1, -0.05) is 32.0 Å². The van der Waals surface area contributed by atoms with Crippen LogP contribution < -0.4 is 19.5 Å². The van der Waals surface area contributed by atoms with Crippen LogP contribution in [0.15, 0.2) is 42.5 Å². The summed E-state index contributed by atoms with van der Waals surface area (Å²) >= 11 is 0. The van der Waals surface area contributed by atoms with Crippen LogP contribution in [0.2, 0.25) is 0 Å². The van der Waals surface area contributed by atoms with E-state index in [0.29, 0.717) is 43.2 Å². The molecule has 0 saturated carbocycles. The second-order valence-electron chi connectivity index (χ2n) is 7.71. The first-order chi connectivity index (χ1) is 15.2. The van der Waals surface area contributed by atoms with Gasteiger partial charge < -0.3 is 14.8 Å². The number of carbonyl (C=O) groups is 1. The molecule has 0 radical (unpaired) electrons. The molecule has 2 N–H and O–H groups in total. The van der Waals surface area contributed by atoms with Gasteiger partial charge in [-0.2, -0.15) is 0 Å². The molecule has 1 atom stereocenters. The summed E-state index contributed by atoms with van der Waals surface area (Å²) < 4.78 is 36.4. The fourth-order valence-electron chi connectivity index (χ4n) is 3.02. The number of benzene rings is 2. The molecule has 0 heterocycles. The van der Waals surface area contributed by atoms with E-state index < -0.39 is 10.0 Å². The molecule has 0 aliphatic rings. The number of ether oxygens (including phenoxy) is 2. The maximum absolute atomic E-state index is 12.7. The third kappa shape index (κ3) is 8.51. The molecule has 0 fully saturated rings. The fourth-order valence-corrected chi connectivity index (χ4v) is 3.49. The SMILES string of the molecule is CCCOc1ccc(C(C)NC(=O)c2ccc(CCNS(C)(=O)=O)cc2)cc1OCCC. The van der Waals surface area contributed by atoms with E-state index in [1.165, 1.54) is 0 Å². The summed E-state index contributed by atoms with van der Waals surface area (Å²) in [4.78, 5) is 12.7. The summed E-state index contributed by atoms with van der Waals surface area (Å²) in [5.74, 6) is 1.22. The van der Waals surface area contributed by atoms with Gasteiger partial charge >= 0.3 is 0 Å². The zero-order valence-corrected chi connectivity index (χ0v) is 20.1. The van der Waals surface area contributed by atoms with Crippen LogP contribution in [0.25, 0.3) is 0 Å². The zero-order valence-electron chi connectivity index (χ0n) is 19.3. The topological polar surface area (TPSA) is 93.7 Å². The molecule has 2 aromatic rings. The summed E-state index contributed by atoms with van der Waals surface area (Å²) in [5.41, 5.74) is 2.42. The van der Waals surface area contributed by atoms with Crippen LogP contribution in [0.5, 0.6) is 11.5 Å². The van der Waals surface area contributed by atoms with Gasteiger partial charge in [0.25, 0.3) is 5.91 Å². The lowest BCUT2D eigenvalue weighted by molar-refractivity contribution is 0.0939. The van der Waals surface area contributed by atoms with Gasteiger partial charge in [0.2, 0.25) is 10.0 Å². The standard InChI is InChI=1S/C24H34N2O5S/c1-5-15-30-22-12-11-21(17-23(22)31-16-6-2)18(3)26-24(27)20-9-7-19(8-10-20)13-14-25-32(4,28)29/h7-12,17-18,25H,5-6,13-16H2,1-4H3,(H,26,27). The van der Waals surface area contributed by atoms with Crippen LogP contribution in [0.1, 0.15) is 61.1 Å². The number of carbonyl (C=O) groups excluding carboxylic acids is 1. The van der Waals surface area contributed by atoms with E-state index in [0.717, 1.165) is 30.2 Å². The minimum Gasteiger partial charge on any atom is -0.490 e. The lowest BCUT2D eigenvalue weighted by Crippen LogP contribution is -2.26. The first kappa shape index (κ1) is 25.7. The quantitative estimate of drug-likeness (QED) is 0.472. The van der Waals surface area contributed by atoms with Crippen molar-refractivity contribution >= 4 is 15.9 Å². The van der Waals surface area contributed by atoms with Crippen molar-refractivity contribution in [3.8, 4) is 11.5 Å². The van der Waals surface area contributed by atoms with Crippen LogP contribution in [0.3, 0.4) is 0 Å². The molecule has 0 aliphatic carbocycles. The Bertz CT molecular complexity index is 974. The number of sulfonamides is 1. The van der Waals surface area contributed by atoms with E-state index in [1.807, 2.05) is 44.2 Å². The Morgan fingerprint density at radius 3 is 2.19 bits per heavy atom. The third-order valence-corrected chi connectivity index (χ3v) is 5.46. The third-order valence-electron chi connectivity index (χ3n) is 4.73. The highest BCUT2D eigenvalue weighted by Gasteiger charge is 2.15. The number of amides is 1. The van der Waals surface area contributed by atoms with Gasteiger partial charge in [-0.05, 0) is 61.6 Å². The Kier molecular flexibility index (Phi) is 9.99. The Hall–Kier alpha value is -2.58. The monoisotopic (exact) mass is 462 g/mol. The molecule has 1 amide bonds. The van der Waals surface area contributed by atoms with Gasteiger partial charge in [0.05, 0.1) is 25.5 Å². The molecule has 0 spiro atoms. The van der Waals surface area contributed by atoms with E-state index in [1.54, 1.807) is 12.1 Å². The lowest BCUT2D eigenvalue weighted by atomic mass is 10.1. The molecule has 2 rings (SSSR count). The zero-order chi connectivity index (χ0) is 23.6. The van der Waals surface area contributed by atoms with Gasteiger partial charge in [0, 0.05) is 12.1 Å². The van der Waals surface area contributed by atoms with Crippen molar-refractivity contribution in [1.82, 2.24) is 10.0 Å². The van der Waals surface area contributed by atoms with Crippen molar-refractivity contribution in [2.45, 2.75) is 46.1 Å². The predicted octanol–water partition coefficient (Wildman–Crippen LogP) is 3.85. The molecule has 0 bridgehead atoms. The van der Waals surface area contributed by atoms with Crippen LogP contribution in [0, 0.1) is 0 Å². The van der Waals surface area contributed by atoms with Gasteiger partial charge in [-0.3, -0.25) is 4.79 Å². The molecule has 32 heavy (non-hydrogen) atoms. The first-order valence-electron chi connectivity index (χ1n) is 11.0. The Balaban J connectivity index is 2.01. The van der Waals surface area contributed by atoms with E-state index in [-0.39, 0.29) is 11.9 Å². The minimum absolute atomic E-state index is 0.180. The summed E-state index contributed by atoms with van der Waals surface area (Å²) in [6.45, 7) is 7.56. The molecule has 0 saturated heterocycles. The van der Waals surface area contributed by atoms with Crippen LogP contribution in [-0.2, 0) is 16.4 Å². The summed E-state index contributed by atoms with van der Waals surface area (Å²) in [6.07, 6.45) is 3.49. The summed E-state index contributed by atoms with van der Waals surface area (Å²) in [7, 11) is -3.20.